The predicted octanol–water partition coefficient (Wildman–Crippen LogP) is 14.8. The minimum absolute atomic E-state index is 0.127. The lowest BCUT2D eigenvalue weighted by Gasteiger charge is -2.30. The summed E-state index contributed by atoms with van der Waals surface area (Å²) in [4.78, 5) is 2.48. The molecule has 1 aliphatic carbocycles. The van der Waals surface area contributed by atoms with E-state index < -0.39 is 0 Å². The molecule has 0 fully saturated rings. The molecular weight excluding hydrogens is 651 g/mol. The van der Waals surface area contributed by atoms with Crippen LogP contribution in [0.4, 0.5) is 17.1 Å². The van der Waals surface area contributed by atoms with Crippen LogP contribution in [0.2, 0.25) is 0 Å². The van der Waals surface area contributed by atoms with E-state index in [9.17, 15) is 0 Å². The highest BCUT2D eigenvalue weighted by Gasteiger charge is 2.36. The van der Waals surface area contributed by atoms with Crippen LogP contribution >= 0.6 is 0 Å². The van der Waals surface area contributed by atoms with Gasteiger partial charge in [0.25, 0.3) is 0 Å². The molecule has 0 N–H and O–H groups in total. The highest BCUT2D eigenvalue weighted by Crippen LogP contribution is 2.52. The van der Waals surface area contributed by atoms with E-state index in [-0.39, 0.29) is 5.41 Å². The third-order valence-corrected chi connectivity index (χ3v) is 11.5. The van der Waals surface area contributed by atoms with E-state index in [2.05, 4.69) is 219 Å². The molecule has 0 radical (unpaired) electrons. The van der Waals surface area contributed by atoms with E-state index in [1.54, 1.807) is 0 Å². The summed E-state index contributed by atoms with van der Waals surface area (Å²) >= 11 is 0. The third kappa shape index (κ3) is 5.16. The number of hydrogen-bond acceptors (Lipinski definition) is 1. The van der Waals surface area contributed by atoms with E-state index >= 15 is 0 Å². The van der Waals surface area contributed by atoms with Gasteiger partial charge in [-0.2, -0.15) is 0 Å². The van der Waals surface area contributed by atoms with Crippen LogP contribution in [0.15, 0.2) is 200 Å². The molecule has 0 atom stereocenters. The SMILES string of the molecule is CC1(C)c2ccccc2-c2ccc(N(c3cccc(-c4cccc5ccccc45)c3)c3ccccc3-c3cccc4cccc(-c5ccccc5)c34)cc21. The average Bonchev–Trinajstić information content (AvgIpc) is 3.46. The lowest BCUT2D eigenvalue weighted by atomic mass is 9.82. The normalized spacial score (nSPS) is 12.8. The maximum absolute atomic E-state index is 2.48. The Morgan fingerprint density at radius 3 is 1.78 bits per heavy atom. The molecule has 0 heterocycles. The Labute approximate surface area is 317 Å². The van der Waals surface area contributed by atoms with Crippen molar-refractivity contribution in [3.8, 4) is 44.5 Å². The Balaban J connectivity index is 1.22. The smallest absolute Gasteiger partial charge is 0.0540 e. The monoisotopic (exact) mass is 689 g/mol. The molecule has 54 heavy (non-hydrogen) atoms. The second-order valence-electron chi connectivity index (χ2n) is 14.9. The van der Waals surface area contributed by atoms with Gasteiger partial charge in [-0.3, -0.25) is 0 Å². The van der Waals surface area contributed by atoms with E-state index in [1.165, 1.54) is 77.2 Å². The van der Waals surface area contributed by atoms with Gasteiger partial charge in [-0.25, -0.2) is 0 Å². The van der Waals surface area contributed by atoms with Crippen molar-refractivity contribution in [2.24, 2.45) is 0 Å². The first-order chi connectivity index (χ1) is 26.6. The number of para-hydroxylation sites is 1. The van der Waals surface area contributed by atoms with Crippen molar-refractivity contribution < 1.29 is 0 Å². The number of nitrogens with zero attached hydrogens (tertiary/aromatic N) is 1. The van der Waals surface area contributed by atoms with Gasteiger partial charge in [0.1, 0.15) is 0 Å². The van der Waals surface area contributed by atoms with Crippen molar-refractivity contribution in [3.63, 3.8) is 0 Å². The van der Waals surface area contributed by atoms with Crippen LogP contribution in [0, 0.1) is 0 Å². The molecule has 9 aromatic rings. The summed E-state index contributed by atoms with van der Waals surface area (Å²) in [7, 11) is 0. The minimum atomic E-state index is -0.127. The topological polar surface area (TPSA) is 3.24 Å². The van der Waals surface area contributed by atoms with Crippen LogP contribution < -0.4 is 4.90 Å². The fourth-order valence-corrected chi connectivity index (χ4v) is 8.87. The summed E-state index contributed by atoms with van der Waals surface area (Å²) in [5, 5.41) is 4.98. The summed E-state index contributed by atoms with van der Waals surface area (Å²) < 4.78 is 0. The molecule has 1 aliphatic rings. The highest BCUT2D eigenvalue weighted by molar-refractivity contribution is 6.09. The molecule has 1 heteroatoms. The largest absolute Gasteiger partial charge is 0.310 e. The Kier molecular flexibility index (Phi) is 7.56. The van der Waals surface area contributed by atoms with E-state index in [0.717, 1.165) is 17.1 Å². The standard InChI is InChI=1S/C53H39N/c1-53(2)49-30-10-8-25-45(49)46-33-32-41(35-50(46)53)54(40-23-12-22-39(34-40)43-27-13-19-36-18-6-7-24-42(36)43)51-31-11-9-26-47(51)48-29-15-21-38-20-14-28-44(52(38)48)37-16-4-3-5-17-37/h3-35H,1-2H3. The van der Waals surface area contributed by atoms with Crippen molar-refractivity contribution >= 4 is 38.6 Å². The zero-order valence-electron chi connectivity index (χ0n) is 30.5. The van der Waals surface area contributed by atoms with Gasteiger partial charge >= 0.3 is 0 Å². The van der Waals surface area contributed by atoms with Crippen molar-refractivity contribution in [1.82, 2.24) is 0 Å². The van der Waals surface area contributed by atoms with Crippen molar-refractivity contribution in [3.05, 3.63) is 211 Å². The molecular formula is C53H39N. The van der Waals surface area contributed by atoms with Crippen molar-refractivity contribution in [2.45, 2.75) is 19.3 Å². The van der Waals surface area contributed by atoms with Gasteiger partial charge in [-0.1, -0.05) is 184 Å². The van der Waals surface area contributed by atoms with Gasteiger partial charge in [0.05, 0.1) is 5.69 Å². The molecule has 0 amide bonds. The molecule has 0 unspecified atom stereocenters. The molecule has 0 aliphatic heterocycles. The van der Waals surface area contributed by atoms with Crippen LogP contribution in [-0.4, -0.2) is 0 Å². The highest BCUT2D eigenvalue weighted by atomic mass is 15.1. The molecule has 0 spiro atoms. The Bertz CT molecular complexity index is 2850. The van der Waals surface area contributed by atoms with Crippen LogP contribution in [0.5, 0.6) is 0 Å². The van der Waals surface area contributed by atoms with Crippen LogP contribution in [0.25, 0.3) is 66.1 Å². The van der Waals surface area contributed by atoms with Gasteiger partial charge in [0.15, 0.2) is 0 Å². The van der Waals surface area contributed by atoms with Crippen LogP contribution in [-0.2, 0) is 5.41 Å². The van der Waals surface area contributed by atoms with E-state index in [4.69, 9.17) is 0 Å². The molecule has 1 nitrogen and oxygen atoms in total. The zero-order valence-corrected chi connectivity index (χ0v) is 30.5. The zero-order chi connectivity index (χ0) is 36.2. The van der Waals surface area contributed by atoms with Crippen LogP contribution in [0.1, 0.15) is 25.0 Å². The van der Waals surface area contributed by atoms with Crippen LogP contribution in [0.3, 0.4) is 0 Å². The second kappa shape index (κ2) is 12.8. The second-order valence-corrected chi connectivity index (χ2v) is 14.9. The Morgan fingerprint density at radius 1 is 0.352 bits per heavy atom. The fourth-order valence-electron chi connectivity index (χ4n) is 8.87. The first-order valence-corrected chi connectivity index (χ1v) is 18.9. The summed E-state index contributed by atoms with van der Waals surface area (Å²) in [5.74, 6) is 0. The molecule has 0 saturated carbocycles. The third-order valence-electron chi connectivity index (χ3n) is 11.5. The van der Waals surface area contributed by atoms with E-state index in [0.29, 0.717) is 0 Å². The summed E-state index contributed by atoms with van der Waals surface area (Å²) in [5.41, 5.74) is 15.9. The number of hydrogen-bond donors (Lipinski definition) is 0. The fraction of sp³-hybridized carbons (Fsp3) is 0.0566. The number of rotatable bonds is 6. The first kappa shape index (κ1) is 32.0. The maximum Gasteiger partial charge on any atom is 0.0540 e. The van der Waals surface area contributed by atoms with Gasteiger partial charge in [-0.05, 0) is 102 Å². The molecule has 9 aromatic carbocycles. The Hall–Kier alpha value is -6.70. The molecule has 0 aromatic heterocycles. The molecule has 256 valence electrons. The number of fused-ring (bicyclic) bond motifs is 5. The first-order valence-electron chi connectivity index (χ1n) is 18.9. The summed E-state index contributed by atoms with van der Waals surface area (Å²) in [6.45, 7) is 4.73. The minimum Gasteiger partial charge on any atom is -0.310 e. The quantitative estimate of drug-likeness (QED) is 0.168. The number of anilines is 3. The predicted molar refractivity (Wildman–Crippen MR) is 230 cm³/mol. The van der Waals surface area contributed by atoms with Gasteiger partial charge in [0.2, 0.25) is 0 Å². The molecule has 0 bridgehead atoms. The van der Waals surface area contributed by atoms with Gasteiger partial charge < -0.3 is 4.90 Å². The van der Waals surface area contributed by atoms with Gasteiger partial charge in [0, 0.05) is 22.4 Å². The number of benzene rings is 9. The molecule has 10 rings (SSSR count). The van der Waals surface area contributed by atoms with E-state index in [1.807, 2.05) is 0 Å². The molecule has 0 saturated heterocycles. The van der Waals surface area contributed by atoms with Crippen molar-refractivity contribution in [2.75, 3.05) is 4.90 Å². The van der Waals surface area contributed by atoms with Crippen molar-refractivity contribution in [1.29, 1.82) is 0 Å². The Morgan fingerprint density at radius 2 is 0.926 bits per heavy atom. The maximum atomic E-state index is 2.48. The average molecular weight is 690 g/mol. The lowest BCUT2D eigenvalue weighted by molar-refractivity contribution is 0.660. The summed E-state index contributed by atoms with van der Waals surface area (Å²) in [6.07, 6.45) is 0. The lowest BCUT2D eigenvalue weighted by Crippen LogP contribution is -2.17. The van der Waals surface area contributed by atoms with Gasteiger partial charge in [-0.15, -0.1) is 0 Å². The summed E-state index contributed by atoms with van der Waals surface area (Å²) in [6, 6.07) is 73.5.